The Labute approximate surface area is 95.2 Å². The van der Waals surface area contributed by atoms with Crippen molar-refractivity contribution >= 4 is 22.0 Å². The van der Waals surface area contributed by atoms with E-state index < -0.39 is 15.0 Å². The number of aromatic nitrogens is 2. The number of ether oxygens (including phenoxy) is 1. The highest BCUT2D eigenvalue weighted by molar-refractivity contribution is 7.90. The summed E-state index contributed by atoms with van der Waals surface area (Å²) in [4.78, 5) is 14.8. The Morgan fingerprint density at radius 1 is 1.47 bits per heavy atom. The van der Waals surface area contributed by atoms with E-state index in [1.54, 1.807) is 0 Å². The summed E-state index contributed by atoms with van der Waals surface area (Å²) in [5, 5.41) is 8.87. The van der Waals surface area contributed by atoms with Crippen molar-refractivity contribution in [3.05, 3.63) is 11.8 Å². The lowest BCUT2D eigenvalue weighted by atomic mass is 10.3. The second kappa shape index (κ2) is 4.36. The van der Waals surface area contributed by atoms with Crippen molar-refractivity contribution in [3.8, 4) is 0 Å². The van der Waals surface area contributed by atoms with Crippen molar-refractivity contribution in [1.29, 1.82) is 0 Å². The number of carbonyl (C=O) groups excluding carboxylic acids is 1. The molecule has 17 heavy (non-hydrogen) atoms. The minimum Gasteiger partial charge on any atom is -0.471 e. The summed E-state index contributed by atoms with van der Waals surface area (Å²) in [7, 11) is -4.18. The first-order valence-electron chi connectivity index (χ1n) is 4.36. The largest absolute Gasteiger partial charge is 0.471 e. The third kappa shape index (κ3) is 2.17. The SMILES string of the molecule is O=C=NS(=O)(=O)c1[nH]ncc1C1=NOCCO1. The molecular formula is C7H6N4O5S. The van der Waals surface area contributed by atoms with Crippen LogP contribution in [0.3, 0.4) is 0 Å². The highest BCUT2D eigenvalue weighted by atomic mass is 32.2. The molecule has 1 aromatic heterocycles. The van der Waals surface area contributed by atoms with Gasteiger partial charge in [-0.1, -0.05) is 4.40 Å². The molecule has 0 fully saturated rings. The molecule has 0 saturated carbocycles. The van der Waals surface area contributed by atoms with E-state index >= 15 is 0 Å². The highest BCUT2D eigenvalue weighted by Crippen LogP contribution is 2.17. The summed E-state index contributed by atoms with van der Waals surface area (Å²) in [6.45, 7) is 0.510. The molecule has 0 unspecified atom stereocenters. The van der Waals surface area contributed by atoms with Gasteiger partial charge in [-0.2, -0.15) is 13.5 Å². The first-order valence-corrected chi connectivity index (χ1v) is 5.80. The topological polar surface area (TPSA) is 123 Å². The zero-order chi connectivity index (χ0) is 12.3. The second-order valence-corrected chi connectivity index (χ2v) is 4.39. The van der Waals surface area contributed by atoms with Crippen molar-refractivity contribution in [2.75, 3.05) is 13.2 Å². The van der Waals surface area contributed by atoms with Gasteiger partial charge in [-0.05, 0) is 5.16 Å². The number of hydrogen-bond donors (Lipinski definition) is 1. The van der Waals surface area contributed by atoms with Gasteiger partial charge in [0.25, 0.3) is 12.0 Å². The van der Waals surface area contributed by atoms with Crippen LogP contribution in [0, 0.1) is 0 Å². The molecule has 0 radical (unpaired) electrons. The number of nitrogens with zero attached hydrogens (tertiary/aromatic N) is 3. The number of isocyanates is 1. The molecule has 0 amide bonds. The van der Waals surface area contributed by atoms with Gasteiger partial charge in [-0.15, -0.1) is 0 Å². The van der Waals surface area contributed by atoms with Gasteiger partial charge < -0.3 is 9.57 Å². The number of hydrogen-bond acceptors (Lipinski definition) is 7. The second-order valence-electron chi connectivity index (χ2n) is 2.85. The number of oxime groups is 1. The van der Waals surface area contributed by atoms with Crippen LogP contribution in [-0.2, 0) is 24.4 Å². The number of aromatic amines is 1. The van der Waals surface area contributed by atoms with Crippen LogP contribution in [0.15, 0.2) is 20.8 Å². The Kier molecular flexibility index (Phi) is 2.90. The lowest BCUT2D eigenvalue weighted by Crippen LogP contribution is -2.18. The lowest BCUT2D eigenvalue weighted by molar-refractivity contribution is 0.0653. The van der Waals surface area contributed by atoms with Crippen LogP contribution in [0.4, 0.5) is 0 Å². The predicted octanol–water partition coefficient (Wildman–Crippen LogP) is -0.857. The molecule has 0 spiro atoms. The van der Waals surface area contributed by atoms with Crippen LogP contribution >= 0.6 is 0 Å². The van der Waals surface area contributed by atoms with Gasteiger partial charge in [0.15, 0.2) is 11.6 Å². The zero-order valence-electron chi connectivity index (χ0n) is 8.28. The molecule has 90 valence electrons. The normalized spacial score (nSPS) is 15.2. The molecule has 0 aromatic carbocycles. The Morgan fingerprint density at radius 3 is 2.94 bits per heavy atom. The Balaban J connectivity index is 2.48. The molecule has 0 bridgehead atoms. The van der Waals surface area contributed by atoms with E-state index in [1.165, 1.54) is 6.20 Å². The molecule has 1 aromatic rings. The van der Waals surface area contributed by atoms with E-state index in [0.717, 1.165) is 6.08 Å². The van der Waals surface area contributed by atoms with Gasteiger partial charge in [0.1, 0.15) is 6.61 Å². The van der Waals surface area contributed by atoms with E-state index in [0.29, 0.717) is 0 Å². The van der Waals surface area contributed by atoms with E-state index in [-0.39, 0.29) is 24.7 Å². The maximum Gasteiger partial charge on any atom is 0.310 e. The van der Waals surface area contributed by atoms with E-state index in [9.17, 15) is 13.2 Å². The maximum atomic E-state index is 11.5. The van der Waals surface area contributed by atoms with E-state index in [2.05, 4.69) is 19.8 Å². The van der Waals surface area contributed by atoms with E-state index in [1.807, 2.05) is 0 Å². The van der Waals surface area contributed by atoms with Crippen molar-refractivity contribution in [3.63, 3.8) is 0 Å². The number of H-pyrrole nitrogens is 1. The first kappa shape index (κ1) is 11.3. The third-order valence-corrected chi connectivity index (χ3v) is 2.95. The number of sulfonamides is 1. The average molecular weight is 258 g/mol. The Bertz CT molecular complexity index is 598. The summed E-state index contributed by atoms with van der Waals surface area (Å²) in [6.07, 6.45) is 2.13. The molecule has 10 heteroatoms. The molecular weight excluding hydrogens is 252 g/mol. The molecule has 1 N–H and O–H groups in total. The zero-order valence-corrected chi connectivity index (χ0v) is 9.10. The maximum absolute atomic E-state index is 11.5. The fourth-order valence-electron chi connectivity index (χ4n) is 1.15. The van der Waals surface area contributed by atoms with Crippen LogP contribution in [0.25, 0.3) is 0 Å². The molecule has 0 atom stereocenters. The average Bonchev–Trinajstić information content (AvgIpc) is 2.79. The number of nitrogens with one attached hydrogen (secondary N) is 1. The van der Waals surface area contributed by atoms with Crippen LogP contribution in [0.2, 0.25) is 0 Å². The van der Waals surface area contributed by atoms with Gasteiger partial charge in [0, 0.05) is 0 Å². The molecule has 9 nitrogen and oxygen atoms in total. The molecule has 1 aliphatic heterocycles. The van der Waals surface area contributed by atoms with Crippen molar-refractivity contribution < 1.29 is 22.8 Å². The fourth-order valence-corrected chi connectivity index (χ4v) is 1.93. The van der Waals surface area contributed by atoms with Gasteiger partial charge in [0.2, 0.25) is 0 Å². The van der Waals surface area contributed by atoms with E-state index in [4.69, 9.17) is 9.57 Å². The third-order valence-electron chi connectivity index (χ3n) is 1.81. The van der Waals surface area contributed by atoms with Crippen molar-refractivity contribution in [2.45, 2.75) is 5.03 Å². The predicted molar refractivity (Wildman–Crippen MR) is 52.3 cm³/mol. The van der Waals surface area contributed by atoms with Crippen molar-refractivity contribution in [1.82, 2.24) is 10.2 Å². The summed E-state index contributed by atoms with van der Waals surface area (Å²) >= 11 is 0. The van der Waals surface area contributed by atoms with Gasteiger partial charge in [0.05, 0.1) is 11.8 Å². The monoisotopic (exact) mass is 258 g/mol. The molecule has 0 saturated heterocycles. The van der Waals surface area contributed by atoms with Gasteiger partial charge in [-0.25, -0.2) is 4.79 Å². The molecule has 2 rings (SSSR count). The molecule has 0 aliphatic carbocycles. The lowest BCUT2D eigenvalue weighted by Gasteiger charge is -2.12. The summed E-state index contributed by atoms with van der Waals surface area (Å²) in [6, 6.07) is 0. The van der Waals surface area contributed by atoms with Gasteiger partial charge in [-0.3, -0.25) is 5.10 Å². The standard InChI is InChI=1S/C7H6N4O5S/c12-4-9-17(13,14)7-5(3-8-10-7)6-11-16-2-1-15-6/h3H,1-2H2,(H,8,10). The van der Waals surface area contributed by atoms with Gasteiger partial charge >= 0.3 is 10.0 Å². The minimum atomic E-state index is -4.18. The Hall–Kier alpha value is -2.19. The van der Waals surface area contributed by atoms with Crippen LogP contribution < -0.4 is 0 Å². The summed E-state index contributed by atoms with van der Waals surface area (Å²) in [5.74, 6) is -0.0373. The smallest absolute Gasteiger partial charge is 0.310 e. The minimum absolute atomic E-state index is 0.0373. The highest BCUT2D eigenvalue weighted by Gasteiger charge is 2.26. The van der Waals surface area contributed by atoms with Crippen LogP contribution in [-0.4, -0.2) is 43.8 Å². The molecule has 1 aliphatic rings. The number of rotatable bonds is 3. The quantitative estimate of drug-likeness (QED) is 0.556. The van der Waals surface area contributed by atoms with Crippen LogP contribution in [0.1, 0.15) is 5.56 Å². The first-order chi connectivity index (χ1) is 8.15. The van der Waals surface area contributed by atoms with Crippen molar-refractivity contribution in [2.24, 2.45) is 9.55 Å². The summed E-state index contributed by atoms with van der Waals surface area (Å²) < 4.78 is 30.8. The Morgan fingerprint density at radius 2 is 2.29 bits per heavy atom. The summed E-state index contributed by atoms with van der Waals surface area (Å²) in [5.41, 5.74) is 0.0451. The van der Waals surface area contributed by atoms with Crippen LogP contribution in [0.5, 0.6) is 0 Å². The fraction of sp³-hybridized carbons (Fsp3) is 0.286. The molecule has 2 heterocycles.